The van der Waals surface area contributed by atoms with Crippen LogP contribution in [0.2, 0.25) is 10.0 Å². The van der Waals surface area contributed by atoms with Crippen LogP contribution in [0.5, 0.6) is 0 Å². The number of carbonyl (C=O) groups is 1. The fraction of sp³-hybridized carbons (Fsp3) is 0.500. The van der Waals surface area contributed by atoms with Gasteiger partial charge >= 0.3 is 5.97 Å². The van der Waals surface area contributed by atoms with Gasteiger partial charge in [0.2, 0.25) is 0 Å². The van der Waals surface area contributed by atoms with Crippen LogP contribution in [-0.2, 0) is 14.3 Å². The normalized spacial score (nSPS) is 32.8. The highest BCUT2D eigenvalue weighted by atomic mass is 35.5. The number of benzene rings is 1. The predicted octanol–water partition coefficient (Wildman–Crippen LogP) is 4.68. The second-order valence-corrected chi connectivity index (χ2v) is 7.71. The first kappa shape index (κ1) is 16.2. The zero-order valence-electron chi connectivity index (χ0n) is 13.1. The molecule has 6 heteroatoms. The summed E-state index contributed by atoms with van der Waals surface area (Å²) >= 11 is 12.1. The highest BCUT2D eigenvalue weighted by Crippen LogP contribution is 2.51. The number of halogens is 2. The number of hydrogen-bond donors (Lipinski definition) is 1. The van der Waals surface area contributed by atoms with E-state index in [4.69, 9.17) is 32.7 Å². The lowest BCUT2D eigenvalue weighted by Crippen LogP contribution is -2.44. The minimum atomic E-state index is -0.938. The number of aliphatic hydroxyl groups excluding tert-OH is 1. The molecule has 1 aromatic rings. The third kappa shape index (κ3) is 2.43. The van der Waals surface area contributed by atoms with E-state index in [1.165, 1.54) is 0 Å². The van der Waals surface area contributed by atoms with E-state index in [-0.39, 0.29) is 16.9 Å². The average molecular weight is 369 g/mol. The topological polar surface area (TPSA) is 55.8 Å². The first-order chi connectivity index (χ1) is 11.4. The number of ether oxygens (including phenoxy) is 2. The molecule has 2 heterocycles. The van der Waals surface area contributed by atoms with Gasteiger partial charge in [-0.15, -0.1) is 0 Å². The largest absolute Gasteiger partial charge is 0.507 e. The number of esters is 1. The summed E-state index contributed by atoms with van der Waals surface area (Å²) in [6.07, 6.45) is 4.81. The second kappa shape index (κ2) is 5.65. The number of aliphatic hydroxyl groups is 1. The summed E-state index contributed by atoms with van der Waals surface area (Å²) in [4.78, 5) is 12.4. The highest BCUT2D eigenvalue weighted by molar-refractivity contribution is 6.37. The van der Waals surface area contributed by atoms with E-state index in [0.29, 0.717) is 28.5 Å². The van der Waals surface area contributed by atoms with Crippen molar-refractivity contribution in [3.8, 4) is 0 Å². The summed E-state index contributed by atoms with van der Waals surface area (Å²) in [6.45, 7) is 0.792. The smallest absolute Gasteiger partial charge is 0.343 e. The number of rotatable bonds is 1. The Hall–Kier alpha value is -1.23. The molecule has 0 amide bonds. The van der Waals surface area contributed by atoms with Crippen molar-refractivity contribution in [2.45, 2.75) is 49.7 Å². The summed E-state index contributed by atoms with van der Waals surface area (Å²) in [5.41, 5.74) is -0.427. The van der Waals surface area contributed by atoms with E-state index in [1.54, 1.807) is 18.2 Å². The van der Waals surface area contributed by atoms with Gasteiger partial charge < -0.3 is 14.6 Å². The maximum absolute atomic E-state index is 12.4. The summed E-state index contributed by atoms with van der Waals surface area (Å²) in [7, 11) is 0. The van der Waals surface area contributed by atoms with Crippen molar-refractivity contribution in [3.63, 3.8) is 0 Å². The van der Waals surface area contributed by atoms with E-state index in [2.05, 4.69) is 0 Å². The first-order valence-electron chi connectivity index (χ1n) is 8.21. The molecule has 0 radical (unpaired) electrons. The molecule has 2 fully saturated rings. The van der Waals surface area contributed by atoms with Gasteiger partial charge in [0.1, 0.15) is 5.57 Å². The minimum Gasteiger partial charge on any atom is -0.507 e. The van der Waals surface area contributed by atoms with Crippen molar-refractivity contribution in [2.24, 2.45) is 0 Å². The van der Waals surface area contributed by atoms with Crippen molar-refractivity contribution in [1.29, 1.82) is 0 Å². The Labute approximate surface area is 150 Å². The van der Waals surface area contributed by atoms with Crippen LogP contribution in [0.3, 0.4) is 0 Å². The van der Waals surface area contributed by atoms with Crippen LogP contribution in [0.1, 0.15) is 44.1 Å². The fourth-order valence-electron chi connectivity index (χ4n) is 4.13. The first-order valence-corrected chi connectivity index (χ1v) is 8.97. The second-order valence-electron chi connectivity index (χ2n) is 6.87. The Bertz CT molecular complexity index is 725. The molecule has 1 aromatic carbocycles. The monoisotopic (exact) mass is 368 g/mol. The number of hydrogen-bond acceptors (Lipinski definition) is 4. The van der Waals surface area contributed by atoms with E-state index < -0.39 is 11.6 Å². The van der Waals surface area contributed by atoms with E-state index >= 15 is 0 Å². The van der Waals surface area contributed by atoms with Crippen LogP contribution < -0.4 is 0 Å². The Morgan fingerprint density at radius 3 is 2.46 bits per heavy atom. The highest BCUT2D eigenvalue weighted by Gasteiger charge is 2.54. The molecular weight excluding hydrogens is 351 g/mol. The van der Waals surface area contributed by atoms with Gasteiger partial charge in [0, 0.05) is 17.2 Å². The summed E-state index contributed by atoms with van der Waals surface area (Å²) < 4.78 is 11.6. The molecule has 128 valence electrons. The van der Waals surface area contributed by atoms with Crippen LogP contribution in [0, 0.1) is 0 Å². The van der Waals surface area contributed by atoms with Crippen LogP contribution in [-0.4, -0.2) is 28.9 Å². The van der Waals surface area contributed by atoms with Crippen LogP contribution in [0.25, 0.3) is 5.57 Å². The quantitative estimate of drug-likeness (QED) is 0.731. The van der Waals surface area contributed by atoms with E-state index in [9.17, 15) is 9.90 Å². The van der Waals surface area contributed by atoms with Gasteiger partial charge in [-0.05, 0) is 50.7 Å². The lowest BCUT2D eigenvalue weighted by Gasteiger charge is -2.41. The Balaban J connectivity index is 1.67. The molecule has 0 aromatic heterocycles. The van der Waals surface area contributed by atoms with Crippen molar-refractivity contribution < 1.29 is 19.4 Å². The van der Waals surface area contributed by atoms with Crippen molar-refractivity contribution in [2.75, 3.05) is 6.61 Å². The molecule has 4 nitrogen and oxygen atoms in total. The lowest BCUT2D eigenvalue weighted by atomic mass is 9.73. The molecule has 1 saturated heterocycles. The van der Waals surface area contributed by atoms with Gasteiger partial charge in [-0.2, -0.15) is 0 Å². The molecule has 1 N–H and O–H groups in total. The lowest BCUT2D eigenvalue weighted by molar-refractivity contribution is -0.156. The maximum Gasteiger partial charge on any atom is 0.343 e. The van der Waals surface area contributed by atoms with Crippen molar-refractivity contribution >= 4 is 34.7 Å². The van der Waals surface area contributed by atoms with Crippen molar-refractivity contribution in [1.82, 2.24) is 0 Å². The van der Waals surface area contributed by atoms with E-state index in [1.807, 2.05) is 0 Å². The molecule has 0 bridgehead atoms. The van der Waals surface area contributed by atoms with Gasteiger partial charge in [-0.3, -0.25) is 0 Å². The van der Waals surface area contributed by atoms with Gasteiger partial charge in [0.05, 0.1) is 10.6 Å². The van der Waals surface area contributed by atoms with E-state index in [0.717, 1.165) is 32.3 Å². The van der Waals surface area contributed by atoms with Crippen LogP contribution in [0.15, 0.2) is 24.0 Å². The van der Waals surface area contributed by atoms with Gasteiger partial charge in [0.15, 0.2) is 11.4 Å². The predicted molar refractivity (Wildman–Crippen MR) is 91.2 cm³/mol. The Morgan fingerprint density at radius 1 is 1.08 bits per heavy atom. The Kier molecular flexibility index (Phi) is 3.83. The number of carbonyl (C=O) groups excluding carboxylic acids is 1. The zero-order chi connectivity index (χ0) is 16.9. The van der Waals surface area contributed by atoms with Gasteiger partial charge in [-0.25, -0.2) is 4.79 Å². The molecule has 1 aliphatic carbocycles. The zero-order valence-corrected chi connectivity index (χ0v) is 14.6. The third-order valence-electron chi connectivity index (χ3n) is 5.51. The SMILES string of the molecule is O=C1OC2(CCC3(CCCO3)CC2)C(O)=C1c1ccc(Cl)cc1Cl. The van der Waals surface area contributed by atoms with Crippen LogP contribution in [0.4, 0.5) is 0 Å². The maximum atomic E-state index is 12.4. The van der Waals surface area contributed by atoms with Crippen molar-refractivity contribution in [3.05, 3.63) is 39.6 Å². The molecule has 2 aliphatic heterocycles. The molecule has 0 atom stereocenters. The fourth-order valence-corrected chi connectivity index (χ4v) is 4.63. The standard InChI is InChI=1S/C18H18Cl2O4/c19-11-2-3-12(13(20)10-11)14-15(21)18(24-16(14)22)7-5-17(6-8-18)4-1-9-23-17/h2-3,10,21H,1,4-9H2. The minimum absolute atomic E-state index is 0.00966. The molecule has 2 spiro atoms. The molecule has 3 aliphatic rings. The van der Waals surface area contributed by atoms with Gasteiger partial charge in [0.25, 0.3) is 0 Å². The molecule has 1 saturated carbocycles. The molecule has 24 heavy (non-hydrogen) atoms. The summed E-state index contributed by atoms with van der Waals surface area (Å²) in [5.74, 6) is -0.537. The third-order valence-corrected chi connectivity index (χ3v) is 6.06. The summed E-state index contributed by atoms with van der Waals surface area (Å²) in [6, 6.07) is 4.84. The summed E-state index contributed by atoms with van der Waals surface area (Å²) in [5, 5.41) is 11.6. The molecule has 0 unspecified atom stereocenters. The molecular formula is C18H18Cl2O4. The van der Waals surface area contributed by atoms with Gasteiger partial charge in [-0.1, -0.05) is 29.3 Å². The Morgan fingerprint density at radius 2 is 1.83 bits per heavy atom. The average Bonchev–Trinajstić information content (AvgIpc) is 3.09. The molecule has 4 rings (SSSR count). The van der Waals surface area contributed by atoms with Crippen LogP contribution >= 0.6 is 23.2 Å².